The molecule has 0 aliphatic carbocycles. The molecule has 6 heteroatoms. The van der Waals surface area contributed by atoms with Crippen molar-refractivity contribution in [2.45, 2.75) is 58.5 Å². The van der Waals surface area contributed by atoms with E-state index < -0.39 is 5.60 Å². The topological polar surface area (TPSA) is 64.8 Å². The molecule has 1 fully saturated rings. The van der Waals surface area contributed by atoms with Gasteiger partial charge >= 0.3 is 5.69 Å². The molecule has 0 aromatic heterocycles. The van der Waals surface area contributed by atoms with Gasteiger partial charge in [-0.3, -0.25) is 15.0 Å². The normalized spacial score (nSPS) is 29.9. The molecular weight excluding hydrogens is 296 g/mol. The van der Waals surface area contributed by atoms with Crippen LogP contribution in [0.4, 0.5) is 5.69 Å². The number of fused-ring (bicyclic) bond motifs is 1. The van der Waals surface area contributed by atoms with Gasteiger partial charge < -0.3 is 9.47 Å². The predicted molar refractivity (Wildman–Crippen MR) is 86.9 cm³/mol. The van der Waals surface area contributed by atoms with Crippen LogP contribution in [-0.4, -0.2) is 40.7 Å². The Balaban J connectivity index is 2.09. The van der Waals surface area contributed by atoms with Crippen molar-refractivity contribution in [2.75, 3.05) is 13.1 Å². The van der Waals surface area contributed by atoms with Crippen molar-refractivity contribution >= 4 is 5.69 Å². The van der Waals surface area contributed by atoms with Crippen molar-refractivity contribution in [1.82, 2.24) is 4.90 Å². The van der Waals surface area contributed by atoms with Crippen LogP contribution < -0.4 is 4.74 Å². The first-order chi connectivity index (χ1) is 10.7. The van der Waals surface area contributed by atoms with Crippen molar-refractivity contribution in [3.63, 3.8) is 0 Å². The molecule has 3 rings (SSSR count). The van der Waals surface area contributed by atoms with Gasteiger partial charge in [-0.1, -0.05) is 6.07 Å². The van der Waals surface area contributed by atoms with Crippen LogP contribution in [-0.2, 0) is 4.74 Å². The lowest BCUT2D eigenvalue weighted by Gasteiger charge is -2.42. The molecule has 1 aromatic rings. The molecule has 0 N–H and O–H groups in total. The van der Waals surface area contributed by atoms with Crippen LogP contribution >= 0.6 is 0 Å². The Kier molecular flexibility index (Phi) is 3.84. The number of nitro groups is 1. The first-order valence-corrected chi connectivity index (χ1v) is 8.07. The summed E-state index contributed by atoms with van der Waals surface area (Å²) in [5, 5.41) is 11.4. The monoisotopic (exact) mass is 320 g/mol. The molecule has 0 bridgehead atoms. The summed E-state index contributed by atoms with van der Waals surface area (Å²) in [7, 11) is 0. The van der Waals surface area contributed by atoms with Crippen LogP contribution in [0.25, 0.3) is 0 Å². The first kappa shape index (κ1) is 16.2. The van der Waals surface area contributed by atoms with Crippen LogP contribution in [0, 0.1) is 17.0 Å². The molecule has 6 nitrogen and oxygen atoms in total. The van der Waals surface area contributed by atoms with Crippen molar-refractivity contribution in [1.29, 1.82) is 0 Å². The molecular formula is C17H24N2O4. The number of hydrogen-bond donors (Lipinski definition) is 0. The van der Waals surface area contributed by atoms with Crippen molar-refractivity contribution < 1.29 is 14.4 Å². The number of benzene rings is 1. The van der Waals surface area contributed by atoms with Gasteiger partial charge in [0, 0.05) is 24.7 Å². The van der Waals surface area contributed by atoms with Gasteiger partial charge in [-0.2, -0.15) is 0 Å². The third kappa shape index (κ3) is 2.70. The van der Waals surface area contributed by atoms with Crippen LogP contribution in [0.1, 0.15) is 44.9 Å². The Labute approximate surface area is 136 Å². The zero-order chi connectivity index (χ0) is 16.9. The maximum Gasteiger partial charge on any atom is 0.311 e. The average molecular weight is 320 g/mol. The van der Waals surface area contributed by atoms with Crippen molar-refractivity contribution in [3.05, 3.63) is 33.4 Å². The van der Waals surface area contributed by atoms with Crippen molar-refractivity contribution in [3.8, 4) is 5.75 Å². The highest BCUT2D eigenvalue weighted by molar-refractivity contribution is 5.59. The Hall–Kier alpha value is -1.66. The zero-order valence-electron chi connectivity index (χ0n) is 14.3. The van der Waals surface area contributed by atoms with E-state index in [1.165, 1.54) is 6.07 Å². The molecule has 1 saturated heterocycles. The molecule has 0 amide bonds. The fourth-order valence-corrected chi connectivity index (χ4v) is 3.99. The van der Waals surface area contributed by atoms with Gasteiger partial charge in [-0.05, 0) is 40.2 Å². The lowest BCUT2D eigenvalue weighted by Crippen LogP contribution is -2.51. The Morgan fingerprint density at radius 3 is 2.43 bits per heavy atom. The smallest absolute Gasteiger partial charge is 0.311 e. The SMILES string of the molecule is Cc1ccc([N+](=O)[O-])c2c1[C@@H](N1C[C@@H](C)O[C@H](C)C1)C(C)(C)O2. The summed E-state index contributed by atoms with van der Waals surface area (Å²) >= 11 is 0. The largest absolute Gasteiger partial charge is 0.479 e. The van der Waals surface area contributed by atoms with Gasteiger partial charge in [-0.15, -0.1) is 0 Å². The molecule has 2 heterocycles. The molecule has 3 atom stereocenters. The van der Waals surface area contributed by atoms with E-state index in [0.717, 1.165) is 24.2 Å². The molecule has 126 valence electrons. The highest BCUT2D eigenvalue weighted by Crippen LogP contribution is 2.52. The maximum atomic E-state index is 11.4. The zero-order valence-corrected chi connectivity index (χ0v) is 14.3. The first-order valence-electron chi connectivity index (χ1n) is 8.07. The lowest BCUT2D eigenvalue weighted by atomic mass is 9.89. The third-order valence-electron chi connectivity index (χ3n) is 4.70. The Morgan fingerprint density at radius 1 is 1.26 bits per heavy atom. The molecule has 0 saturated carbocycles. The minimum Gasteiger partial charge on any atom is -0.479 e. The second kappa shape index (κ2) is 5.46. The van der Waals surface area contributed by atoms with E-state index in [9.17, 15) is 10.1 Å². The second-order valence-corrected chi connectivity index (χ2v) is 7.22. The molecule has 0 unspecified atom stereocenters. The standard InChI is InChI=1S/C17H24N2O4/c1-10-6-7-13(19(20)21)15-14(10)16(17(4,5)23-15)18-8-11(2)22-12(3)9-18/h6-7,11-12,16H,8-9H2,1-5H3/t11-,12-,16-/m1/s1. The number of rotatable bonds is 2. The van der Waals surface area contributed by atoms with E-state index in [2.05, 4.69) is 18.7 Å². The highest BCUT2D eigenvalue weighted by Gasteiger charge is 2.49. The van der Waals surface area contributed by atoms with E-state index >= 15 is 0 Å². The van der Waals surface area contributed by atoms with E-state index in [4.69, 9.17) is 9.47 Å². The number of hydrogen-bond acceptors (Lipinski definition) is 5. The Bertz CT molecular complexity index is 634. The molecule has 23 heavy (non-hydrogen) atoms. The summed E-state index contributed by atoms with van der Waals surface area (Å²) in [5.74, 6) is 0.428. The summed E-state index contributed by atoms with van der Waals surface area (Å²) in [6.07, 6.45) is 0.273. The van der Waals surface area contributed by atoms with Crippen LogP contribution in [0.2, 0.25) is 0 Å². The highest BCUT2D eigenvalue weighted by atomic mass is 16.6. The quantitative estimate of drug-likeness (QED) is 0.618. The van der Waals surface area contributed by atoms with Gasteiger partial charge in [0.25, 0.3) is 0 Å². The summed E-state index contributed by atoms with van der Waals surface area (Å²) in [4.78, 5) is 13.4. The van der Waals surface area contributed by atoms with E-state index in [1.807, 2.05) is 26.8 Å². The van der Waals surface area contributed by atoms with Gasteiger partial charge in [0.2, 0.25) is 5.75 Å². The fraction of sp³-hybridized carbons (Fsp3) is 0.647. The summed E-state index contributed by atoms with van der Waals surface area (Å²) in [5.41, 5.74) is 1.52. The van der Waals surface area contributed by atoms with E-state index in [1.54, 1.807) is 0 Å². The van der Waals surface area contributed by atoms with Crippen LogP contribution in [0.5, 0.6) is 5.75 Å². The van der Waals surface area contributed by atoms with E-state index in [-0.39, 0.29) is 28.9 Å². The van der Waals surface area contributed by atoms with Gasteiger partial charge in [-0.25, -0.2) is 0 Å². The summed E-state index contributed by atoms with van der Waals surface area (Å²) < 4.78 is 11.9. The van der Waals surface area contributed by atoms with E-state index in [0.29, 0.717) is 5.75 Å². The number of nitrogens with zero attached hydrogens (tertiary/aromatic N) is 2. The molecule has 1 aromatic carbocycles. The summed E-state index contributed by atoms with van der Waals surface area (Å²) in [6.45, 7) is 11.7. The average Bonchev–Trinajstić information content (AvgIpc) is 2.69. The maximum absolute atomic E-state index is 11.4. The predicted octanol–water partition coefficient (Wildman–Crippen LogP) is 3.22. The number of ether oxygens (including phenoxy) is 2. The fourth-order valence-electron chi connectivity index (χ4n) is 3.99. The third-order valence-corrected chi connectivity index (χ3v) is 4.70. The molecule has 0 spiro atoms. The minimum atomic E-state index is -0.518. The number of aryl methyl sites for hydroxylation is 1. The lowest BCUT2D eigenvalue weighted by molar-refractivity contribution is -0.386. The number of nitro benzene ring substituents is 1. The summed E-state index contributed by atoms with van der Waals surface area (Å²) in [6, 6.07) is 3.35. The van der Waals surface area contributed by atoms with Gasteiger partial charge in [0.15, 0.2) is 0 Å². The minimum absolute atomic E-state index is 0.00815. The van der Waals surface area contributed by atoms with Crippen molar-refractivity contribution in [2.24, 2.45) is 0 Å². The number of morpholine rings is 1. The van der Waals surface area contributed by atoms with Gasteiger partial charge in [0.1, 0.15) is 5.60 Å². The van der Waals surface area contributed by atoms with Gasteiger partial charge in [0.05, 0.1) is 23.2 Å². The van der Waals surface area contributed by atoms with Crippen LogP contribution in [0.15, 0.2) is 12.1 Å². The molecule has 2 aliphatic heterocycles. The van der Waals surface area contributed by atoms with Crippen LogP contribution in [0.3, 0.4) is 0 Å². The second-order valence-electron chi connectivity index (χ2n) is 7.22. The molecule has 0 radical (unpaired) electrons. The Morgan fingerprint density at radius 2 is 1.87 bits per heavy atom. The molecule has 2 aliphatic rings.